The largest absolute Gasteiger partial charge is 0.493 e. The van der Waals surface area contributed by atoms with Gasteiger partial charge in [0.15, 0.2) is 5.60 Å². The lowest BCUT2D eigenvalue weighted by molar-refractivity contribution is -0.258. The van der Waals surface area contributed by atoms with Crippen molar-refractivity contribution in [2.45, 2.75) is 25.6 Å². The van der Waals surface area contributed by atoms with Crippen molar-refractivity contribution in [1.29, 1.82) is 0 Å². The summed E-state index contributed by atoms with van der Waals surface area (Å²) in [7, 11) is 0. The van der Waals surface area contributed by atoms with Gasteiger partial charge in [-0.25, -0.2) is 0 Å². The zero-order valence-corrected chi connectivity index (χ0v) is 10.9. The molecule has 0 aliphatic heterocycles. The summed E-state index contributed by atoms with van der Waals surface area (Å²) >= 11 is 3.10. The number of aliphatic hydroxyl groups is 1. The van der Waals surface area contributed by atoms with Crippen LogP contribution in [0.2, 0.25) is 0 Å². The number of hydrogen-bond donors (Lipinski definition) is 1. The van der Waals surface area contributed by atoms with Crippen molar-refractivity contribution in [1.82, 2.24) is 0 Å². The van der Waals surface area contributed by atoms with Crippen molar-refractivity contribution in [2.24, 2.45) is 0 Å². The van der Waals surface area contributed by atoms with E-state index in [1.54, 1.807) is 6.92 Å². The first kappa shape index (κ1) is 14.3. The average molecular weight is 313 g/mol. The predicted molar refractivity (Wildman–Crippen MR) is 60.9 cm³/mol. The van der Waals surface area contributed by atoms with Crippen LogP contribution in [0.15, 0.2) is 22.7 Å². The topological polar surface area (TPSA) is 29.5 Å². The quantitative estimate of drug-likeness (QED) is 0.923. The van der Waals surface area contributed by atoms with E-state index in [4.69, 9.17) is 4.74 Å². The van der Waals surface area contributed by atoms with Gasteiger partial charge in [-0.3, -0.25) is 0 Å². The van der Waals surface area contributed by atoms with E-state index in [9.17, 15) is 18.3 Å². The number of ether oxygens (including phenoxy) is 1. The lowest BCUT2D eigenvalue weighted by Gasteiger charge is -2.27. The Labute approximate surface area is 106 Å². The first-order chi connectivity index (χ1) is 7.70. The second-order valence-corrected chi connectivity index (χ2v) is 4.50. The van der Waals surface area contributed by atoms with E-state index < -0.39 is 11.8 Å². The molecule has 96 valence electrons. The molecule has 1 aromatic carbocycles. The molecule has 6 heteroatoms. The van der Waals surface area contributed by atoms with Crippen LogP contribution in [-0.4, -0.2) is 17.9 Å². The zero-order valence-electron chi connectivity index (χ0n) is 9.31. The summed E-state index contributed by atoms with van der Waals surface area (Å²) in [5.74, 6) is 0.439. The molecule has 0 aliphatic rings. The Kier molecular flexibility index (Phi) is 4.09. The first-order valence-electron chi connectivity index (χ1n) is 4.92. The number of rotatable bonds is 3. The van der Waals surface area contributed by atoms with Gasteiger partial charge < -0.3 is 9.84 Å². The summed E-state index contributed by atoms with van der Waals surface area (Å²) in [5.41, 5.74) is -3.11. The molecule has 0 saturated carbocycles. The Balaban J connectivity index is 3.13. The van der Waals surface area contributed by atoms with Gasteiger partial charge in [0.25, 0.3) is 0 Å². The molecule has 0 radical (unpaired) electrons. The first-order valence-corrected chi connectivity index (χ1v) is 5.71. The maximum atomic E-state index is 12.6. The Morgan fingerprint density at radius 2 is 1.94 bits per heavy atom. The van der Waals surface area contributed by atoms with Crippen LogP contribution in [0.1, 0.15) is 19.4 Å². The van der Waals surface area contributed by atoms with Crippen LogP contribution in [0, 0.1) is 0 Å². The highest BCUT2D eigenvalue weighted by atomic mass is 79.9. The molecule has 1 unspecified atom stereocenters. The Bertz CT molecular complexity index is 402. The summed E-state index contributed by atoms with van der Waals surface area (Å²) in [5, 5.41) is 9.48. The molecule has 0 saturated heterocycles. The molecule has 1 aromatic rings. The van der Waals surface area contributed by atoms with E-state index in [0.29, 0.717) is 16.8 Å². The fourth-order valence-electron chi connectivity index (χ4n) is 1.24. The van der Waals surface area contributed by atoms with Crippen LogP contribution in [0.25, 0.3) is 0 Å². The van der Waals surface area contributed by atoms with Crippen molar-refractivity contribution in [2.75, 3.05) is 6.61 Å². The van der Waals surface area contributed by atoms with Gasteiger partial charge in [-0.05, 0) is 47.5 Å². The van der Waals surface area contributed by atoms with Crippen LogP contribution in [-0.2, 0) is 5.60 Å². The zero-order chi connectivity index (χ0) is 13.3. The minimum atomic E-state index is -4.72. The van der Waals surface area contributed by atoms with E-state index in [-0.39, 0.29) is 5.56 Å². The SMILES string of the molecule is CCOc1ccc(C(C)(O)C(F)(F)F)cc1Br. The summed E-state index contributed by atoms with van der Waals surface area (Å²) in [4.78, 5) is 0. The number of hydrogen-bond acceptors (Lipinski definition) is 2. The molecule has 0 heterocycles. The van der Waals surface area contributed by atoms with Gasteiger partial charge in [-0.1, -0.05) is 6.07 Å². The van der Waals surface area contributed by atoms with Crippen molar-refractivity contribution < 1.29 is 23.0 Å². The van der Waals surface area contributed by atoms with Crippen molar-refractivity contribution >= 4 is 15.9 Å². The predicted octanol–water partition coefficient (Wildman–Crippen LogP) is 3.62. The highest BCUT2D eigenvalue weighted by Gasteiger charge is 2.51. The van der Waals surface area contributed by atoms with Crippen LogP contribution < -0.4 is 4.74 Å². The Morgan fingerprint density at radius 1 is 1.35 bits per heavy atom. The smallest absolute Gasteiger partial charge is 0.421 e. The van der Waals surface area contributed by atoms with Crippen molar-refractivity contribution in [3.63, 3.8) is 0 Å². The second kappa shape index (κ2) is 4.86. The van der Waals surface area contributed by atoms with E-state index in [2.05, 4.69) is 15.9 Å². The molecule has 0 amide bonds. The molecule has 0 fully saturated rings. The third-order valence-corrected chi connectivity index (χ3v) is 2.97. The summed E-state index contributed by atoms with van der Waals surface area (Å²) in [6.45, 7) is 2.90. The molecule has 0 aliphatic carbocycles. The monoisotopic (exact) mass is 312 g/mol. The number of alkyl halides is 3. The lowest BCUT2D eigenvalue weighted by atomic mass is 9.95. The summed E-state index contributed by atoms with van der Waals surface area (Å²) < 4.78 is 43.4. The van der Waals surface area contributed by atoms with Gasteiger partial charge in [-0.15, -0.1) is 0 Å². The van der Waals surface area contributed by atoms with E-state index >= 15 is 0 Å². The normalized spacial score (nSPS) is 15.5. The molecular formula is C11H12BrF3O2. The molecule has 2 nitrogen and oxygen atoms in total. The average Bonchev–Trinajstić information content (AvgIpc) is 2.19. The van der Waals surface area contributed by atoms with Gasteiger partial charge in [0.1, 0.15) is 5.75 Å². The van der Waals surface area contributed by atoms with E-state index in [0.717, 1.165) is 6.92 Å². The highest BCUT2D eigenvalue weighted by Crippen LogP contribution is 2.40. The minimum absolute atomic E-state index is 0.236. The van der Waals surface area contributed by atoms with Crippen molar-refractivity contribution in [3.05, 3.63) is 28.2 Å². The van der Waals surface area contributed by atoms with Gasteiger partial charge >= 0.3 is 6.18 Å². The summed E-state index contributed by atoms with van der Waals surface area (Å²) in [6.07, 6.45) is -4.72. The molecule has 0 bridgehead atoms. The molecule has 1 atom stereocenters. The van der Waals surface area contributed by atoms with Crippen LogP contribution in [0.5, 0.6) is 5.75 Å². The standard InChI is InChI=1S/C11H12BrF3O2/c1-3-17-9-5-4-7(6-8(9)12)10(2,16)11(13,14)15/h4-6,16H,3H2,1-2H3. The van der Waals surface area contributed by atoms with Gasteiger partial charge in [0, 0.05) is 0 Å². The Hall–Kier alpha value is -0.750. The minimum Gasteiger partial charge on any atom is -0.493 e. The van der Waals surface area contributed by atoms with Crippen molar-refractivity contribution in [3.8, 4) is 5.75 Å². The highest BCUT2D eigenvalue weighted by molar-refractivity contribution is 9.10. The lowest BCUT2D eigenvalue weighted by Crippen LogP contribution is -2.39. The molecule has 0 spiro atoms. The van der Waals surface area contributed by atoms with Gasteiger partial charge in [0.2, 0.25) is 0 Å². The van der Waals surface area contributed by atoms with E-state index in [1.807, 2.05) is 0 Å². The van der Waals surface area contributed by atoms with Crippen LogP contribution in [0.4, 0.5) is 13.2 Å². The van der Waals surface area contributed by atoms with Crippen LogP contribution in [0.3, 0.4) is 0 Å². The molecular weight excluding hydrogens is 301 g/mol. The number of halogens is 4. The molecule has 1 N–H and O–H groups in total. The summed E-state index contributed by atoms with van der Waals surface area (Å²) in [6, 6.07) is 3.80. The molecule has 0 aromatic heterocycles. The maximum absolute atomic E-state index is 12.6. The van der Waals surface area contributed by atoms with Gasteiger partial charge in [0.05, 0.1) is 11.1 Å². The van der Waals surface area contributed by atoms with Crippen LogP contribution >= 0.6 is 15.9 Å². The molecule has 1 rings (SSSR count). The maximum Gasteiger partial charge on any atom is 0.421 e. The van der Waals surface area contributed by atoms with Gasteiger partial charge in [-0.2, -0.15) is 13.2 Å². The number of benzene rings is 1. The second-order valence-electron chi connectivity index (χ2n) is 3.65. The fourth-order valence-corrected chi connectivity index (χ4v) is 1.73. The fraction of sp³-hybridized carbons (Fsp3) is 0.455. The molecule has 17 heavy (non-hydrogen) atoms. The third kappa shape index (κ3) is 2.93. The van der Waals surface area contributed by atoms with E-state index in [1.165, 1.54) is 18.2 Å². The Morgan fingerprint density at radius 3 is 2.35 bits per heavy atom. The third-order valence-electron chi connectivity index (χ3n) is 2.35.